The molecule has 7 nitrogen and oxygen atoms in total. The summed E-state index contributed by atoms with van der Waals surface area (Å²) in [6.07, 6.45) is 2.91. The molecular formula is C18H26N2O5S. The Kier molecular flexibility index (Phi) is 6.77. The number of likely N-dealkylation sites (N-methyl/N-ethyl adjacent to an activating group) is 1. The number of esters is 1. The minimum Gasteiger partial charge on any atom is -0.449 e. The smallest absolute Gasteiger partial charge is 0.338 e. The van der Waals surface area contributed by atoms with E-state index in [1.165, 1.54) is 40.4 Å². The summed E-state index contributed by atoms with van der Waals surface area (Å²) >= 11 is 0. The second-order valence-electron chi connectivity index (χ2n) is 6.62. The van der Waals surface area contributed by atoms with Crippen LogP contribution in [-0.2, 0) is 19.6 Å². The van der Waals surface area contributed by atoms with E-state index in [9.17, 15) is 18.0 Å². The first-order valence-electron chi connectivity index (χ1n) is 8.76. The Morgan fingerprint density at radius 3 is 2.08 bits per heavy atom. The minimum atomic E-state index is -3.56. The first-order valence-corrected chi connectivity index (χ1v) is 10.2. The second kappa shape index (κ2) is 8.64. The maximum atomic E-state index is 12.7. The maximum Gasteiger partial charge on any atom is 0.338 e. The van der Waals surface area contributed by atoms with Crippen LogP contribution in [0.1, 0.15) is 43.0 Å². The summed E-state index contributed by atoms with van der Waals surface area (Å²) in [7, 11) is -0.398. The van der Waals surface area contributed by atoms with Crippen molar-refractivity contribution in [1.82, 2.24) is 9.21 Å². The molecule has 0 unspecified atom stereocenters. The van der Waals surface area contributed by atoms with Crippen LogP contribution >= 0.6 is 0 Å². The zero-order valence-electron chi connectivity index (χ0n) is 15.5. The normalized spacial score (nSPS) is 17.2. The van der Waals surface area contributed by atoms with E-state index in [0.717, 1.165) is 25.7 Å². The average molecular weight is 382 g/mol. The number of nitrogens with zero attached hydrogens (tertiary/aromatic N) is 2. The standard InChI is InChI=1S/C18H26N2O5S/c1-14(17(21)19(2)3)25-18(22)15-8-10-16(11-9-15)26(23,24)20-12-6-4-5-7-13-20/h8-11,14H,4-7,12-13H2,1-3H3/t14-/m0/s1. The van der Waals surface area contributed by atoms with Gasteiger partial charge >= 0.3 is 5.97 Å². The Morgan fingerprint density at radius 2 is 1.58 bits per heavy atom. The first kappa shape index (κ1) is 20.4. The molecule has 1 aromatic rings. The fourth-order valence-electron chi connectivity index (χ4n) is 2.84. The van der Waals surface area contributed by atoms with Crippen LogP contribution in [0.5, 0.6) is 0 Å². The van der Waals surface area contributed by atoms with E-state index >= 15 is 0 Å². The van der Waals surface area contributed by atoms with Gasteiger partial charge in [0.25, 0.3) is 5.91 Å². The van der Waals surface area contributed by atoms with E-state index < -0.39 is 22.1 Å². The van der Waals surface area contributed by atoms with Crippen LogP contribution in [0.2, 0.25) is 0 Å². The summed E-state index contributed by atoms with van der Waals surface area (Å²) in [5, 5.41) is 0. The van der Waals surface area contributed by atoms with Crippen LogP contribution in [-0.4, -0.2) is 62.8 Å². The molecule has 1 heterocycles. The van der Waals surface area contributed by atoms with Crippen molar-refractivity contribution in [2.45, 2.75) is 43.6 Å². The van der Waals surface area contributed by atoms with Gasteiger partial charge in [0, 0.05) is 27.2 Å². The van der Waals surface area contributed by atoms with Crippen molar-refractivity contribution in [3.05, 3.63) is 29.8 Å². The van der Waals surface area contributed by atoms with Crippen molar-refractivity contribution in [1.29, 1.82) is 0 Å². The molecule has 1 aromatic carbocycles. The maximum absolute atomic E-state index is 12.7. The molecule has 144 valence electrons. The van der Waals surface area contributed by atoms with Crippen LogP contribution in [0.4, 0.5) is 0 Å². The van der Waals surface area contributed by atoms with E-state index in [2.05, 4.69) is 0 Å². The Hall–Kier alpha value is -1.93. The number of rotatable bonds is 5. The largest absolute Gasteiger partial charge is 0.449 e. The van der Waals surface area contributed by atoms with Crippen LogP contribution in [0, 0.1) is 0 Å². The molecule has 1 aliphatic rings. The van der Waals surface area contributed by atoms with Crippen LogP contribution < -0.4 is 0 Å². The third kappa shape index (κ3) is 4.82. The van der Waals surface area contributed by atoms with E-state index in [1.807, 2.05) is 0 Å². The number of hydrogen-bond acceptors (Lipinski definition) is 5. The summed E-state index contributed by atoms with van der Waals surface area (Å²) in [5.41, 5.74) is 0.207. The van der Waals surface area contributed by atoms with Crippen molar-refractivity contribution in [3.8, 4) is 0 Å². The summed E-state index contributed by atoms with van der Waals surface area (Å²) in [6, 6.07) is 5.66. The molecule has 0 radical (unpaired) electrons. The number of sulfonamides is 1. The number of ether oxygens (including phenoxy) is 1. The van der Waals surface area contributed by atoms with Crippen molar-refractivity contribution < 1.29 is 22.7 Å². The zero-order valence-corrected chi connectivity index (χ0v) is 16.3. The molecule has 1 aliphatic heterocycles. The fourth-order valence-corrected chi connectivity index (χ4v) is 4.35. The lowest BCUT2D eigenvalue weighted by atomic mass is 10.2. The summed E-state index contributed by atoms with van der Waals surface area (Å²) in [4.78, 5) is 25.4. The first-order chi connectivity index (χ1) is 12.2. The second-order valence-corrected chi connectivity index (χ2v) is 8.56. The number of amides is 1. The Bertz CT molecular complexity index is 735. The minimum absolute atomic E-state index is 0.161. The van der Waals surface area contributed by atoms with Crippen LogP contribution in [0.15, 0.2) is 29.2 Å². The van der Waals surface area contributed by atoms with Gasteiger partial charge in [-0.15, -0.1) is 0 Å². The van der Waals surface area contributed by atoms with Crippen LogP contribution in [0.25, 0.3) is 0 Å². The average Bonchev–Trinajstić information content (AvgIpc) is 2.90. The molecule has 0 bridgehead atoms. The zero-order chi connectivity index (χ0) is 19.3. The van der Waals surface area contributed by atoms with Crippen molar-refractivity contribution >= 4 is 21.9 Å². The monoisotopic (exact) mass is 382 g/mol. The molecule has 1 amide bonds. The highest BCUT2D eigenvalue weighted by molar-refractivity contribution is 7.89. The van der Waals surface area contributed by atoms with Gasteiger partial charge in [0.2, 0.25) is 10.0 Å². The Labute approximate surface area is 155 Å². The number of hydrogen-bond donors (Lipinski definition) is 0. The van der Waals surface area contributed by atoms with Crippen LogP contribution in [0.3, 0.4) is 0 Å². The molecule has 0 spiro atoms. The summed E-state index contributed by atoms with van der Waals surface area (Å²) < 4.78 is 32.1. The molecule has 26 heavy (non-hydrogen) atoms. The van der Waals surface area contributed by atoms with E-state index in [4.69, 9.17) is 4.74 Å². The van der Waals surface area contributed by atoms with E-state index in [0.29, 0.717) is 13.1 Å². The SMILES string of the molecule is C[C@H](OC(=O)c1ccc(S(=O)(=O)N2CCCCCC2)cc1)C(=O)N(C)C. The predicted molar refractivity (Wildman–Crippen MR) is 97.2 cm³/mol. The topological polar surface area (TPSA) is 84.0 Å². The van der Waals surface area contributed by atoms with Gasteiger partial charge in [-0.1, -0.05) is 12.8 Å². The van der Waals surface area contributed by atoms with E-state index in [-0.39, 0.29) is 16.4 Å². The summed E-state index contributed by atoms with van der Waals surface area (Å²) in [5.74, 6) is -0.981. The lowest BCUT2D eigenvalue weighted by Gasteiger charge is -2.20. The molecule has 0 aliphatic carbocycles. The van der Waals surface area contributed by atoms with Gasteiger partial charge in [0.05, 0.1) is 10.5 Å². The lowest BCUT2D eigenvalue weighted by molar-refractivity contribution is -0.137. The van der Waals surface area contributed by atoms with E-state index in [1.54, 1.807) is 14.1 Å². The van der Waals surface area contributed by atoms with Gasteiger partial charge in [-0.25, -0.2) is 13.2 Å². The fraction of sp³-hybridized carbons (Fsp3) is 0.556. The predicted octanol–water partition coefficient (Wildman–Crippen LogP) is 1.88. The molecule has 0 aromatic heterocycles. The van der Waals surface area contributed by atoms with Crippen molar-refractivity contribution in [2.75, 3.05) is 27.2 Å². The third-order valence-corrected chi connectivity index (χ3v) is 6.28. The molecule has 0 saturated carbocycles. The number of carbonyl (C=O) groups is 2. The highest BCUT2D eigenvalue weighted by Gasteiger charge is 2.26. The highest BCUT2D eigenvalue weighted by atomic mass is 32.2. The Morgan fingerprint density at radius 1 is 1.04 bits per heavy atom. The number of carbonyl (C=O) groups excluding carboxylic acids is 2. The molecular weight excluding hydrogens is 356 g/mol. The lowest BCUT2D eigenvalue weighted by Crippen LogP contribution is -2.35. The van der Waals surface area contributed by atoms with Gasteiger partial charge in [-0.05, 0) is 44.0 Å². The molecule has 1 atom stereocenters. The molecule has 1 saturated heterocycles. The van der Waals surface area contributed by atoms with Gasteiger partial charge in [0.1, 0.15) is 0 Å². The van der Waals surface area contributed by atoms with Gasteiger partial charge in [0.15, 0.2) is 6.10 Å². The van der Waals surface area contributed by atoms with Gasteiger partial charge in [-0.3, -0.25) is 4.79 Å². The number of benzene rings is 1. The molecule has 0 N–H and O–H groups in total. The van der Waals surface area contributed by atoms with Crippen molar-refractivity contribution in [2.24, 2.45) is 0 Å². The quantitative estimate of drug-likeness (QED) is 0.726. The van der Waals surface area contributed by atoms with Gasteiger partial charge < -0.3 is 9.64 Å². The molecule has 2 rings (SSSR count). The third-order valence-electron chi connectivity index (χ3n) is 4.37. The molecule has 1 fully saturated rings. The molecule has 8 heteroatoms. The Balaban J connectivity index is 2.09. The highest BCUT2D eigenvalue weighted by Crippen LogP contribution is 2.21. The van der Waals surface area contributed by atoms with Gasteiger partial charge in [-0.2, -0.15) is 4.31 Å². The summed E-state index contributed by atoms with van der Waals surface area (Å²) in [6.45, 7) is 2.55. The van der Waals surface area contributed by atoms with Crippen molar-refractivity contribution in [3.63, 3.8) is 0 Å².